The molecule has 2 nitrogen and oxygen atoms in total. The van der Waals surface area contributed by atoms with Gasteiger partial charge in [0, 0.05) is 25.7 Å². The van der Waals surface area contributed by atoms with E-state index in [0.29, 0.717) is 6.04 Å². The standard InChI is InChI=1S/C10H12ClFN2/c1-6-5-13-9-4-8(12)7(11)3-10(9)14(6)2/h3-4,6,13H,5H2,1-2H3. The summed E-state index contributed by atoms with van der Waals surface area (Å²) in [7, 11) is 1.98. The molecule has 1 N–H and O–H groups in total. The number of fused-ring (bicyclic) bond motifs is 1. The molecule has 0 fully saturated rings. The van der Waals surface area contributed by atoms with Crippen molar-refractivity contribution in [2.24, 2.45) is 0 Å². The lowest BCUT2D eigenvalue weighted by Crippen LogP contribution is -2.39. The summed E-state index contributed by atoms with van der Waals surface area (Å²) in [6.07, 6.45) is 0. The highest BCUT2D eigenvalue weighted by Crippen LogP contribution is 2.34. The van der Waals surface area contributed by atoms with Gasteiger partial charge in [0.2, 0.25) is 0 Å². The van der Waals surface area contributed by atoms with E-state index in [-0.39, 0.29) is 10.8 Å². The summed E-state index contributed by atoms with van der Waals surface area (Å²) in [5.41, 5.74) is 1.77. The Kier molecular flexibility index (Phi) is 2.27. The molecule has 2 rings (SSSR count). The normalized spacial score (nSPS) is 20.3. The highest BCUT2D eigenvalue weighted by Gasteiger charge is 2.20. The highest BCUT2D eigenvalue weighted by molar-refractivity contribution is 6.31. The quantitative estimate of drug-likeness (QED) is 0.715. The van der Waals surface area contributed by atoms with Gasteiger partial charge in [0.1, 0.15) is 5.82 Å². The van der Waals surface area contributed by atoms with Gasteiger partial charge in [0.25, 0.3) is 0 Å². The average molecular weight is 215 g/mol. The molecule has 76 valence electrons. The summed E-state index contributed by atoms with van der Waals surface area (Å²) >= 11 is 5.73. The van der Waals surface area contributed by atoms with Crippen LogP contribution in [0.3, 0.4) is 0 Å². The van der Waals surface area contributed by atoms with Crippen molar-refractivity contribution in [1.82, 2.24) is 0 Å². The summed E-state index contributed by atoms with van der Waals surface area (Å²) in [6, 6.07) is 3.50. The van der Waals surface area contributed by atoms with Crippen LogP contribution in [0.15, 0.2) is 12.1 Å². The first kappa shape index (κ1) is 9.59. The largest absolute Gasteiger partial charge is 0.381 e. The number of nitrogens with one attached hydrogen (secondary N) is 1. The van der Waals surface area contributed by atoms with Crippen molar-refractivity contribution in [3.63, 3.8) is 0 Å². The number of hydrogen-bond acceptors (Lipinski definition) is 2. The summed E-state index contributed by atoms with van der Waals surface area (Å²) in [6.45, 7) is 2.93. The Bertz CT molecular complexity index is 367. The molecule has 1 atom stereocenters. The van der Waals surface area contributed by atoms with Crippen molar-refractivity contribution in [3.8, 4) is 0 Å². The first-order valence-electron chi connectivity index (χ1n) is 4.55. The van der Waals surface area contributed by atoms with Gasteiger partial charge in [0.05, 0.1) is 16.4 Å². The molecule has 4 heteroatoms. The maximum absolute atomic E-state index is 13.1. The lowest BCUT2D eigenvalue weighted by Gasteiger charge is -2.34. The zero-order valence-electron chi connectivity index (χ0n) is 8.14. The Morgan fingerprint density at radius 1 is 1.57 bits per heavy atom. The smallest absolute Gasteiger partial charge is 0.143 e. The monoisotopic (exact) mass is 214 g/mol. The van der Waals surface area contributed by atoms with E-state index >= 15 is 0 Å². The summed E-state index contributed by atoms with van der Waals surface area (Å²) in [5.74, 6) is -0.374. The SMILES string of the molecule is CC1CNc2cc(F)c(Cl)cc2N1C. The van der Waals surface area contributed by atoms with Crippen LogP contribution in [0, 0.1) is 5.82 Å². The number of halogens is 2. The zero-order valence-corrected chi connectivity index (χ0v) is 8.90. The fourth-order valence-electron chi connectivity index (χ4n) is 1.60. The molecule has 1 aliphatic heterocycles. The molecular formula is C10H12ClFN2. The van der Waals surface area contributed by atoms with Crippen LogP contribution < -0.4 is 10.2 Å². The number of rotatable bonds is 0. The molecule has 0 aromatic heterocycles. The molecule has 1 unspecified atom stereocenters. The predicted molar refractivity (Wildman–Crippen MR) is 57.8 cm³/mol. The first-order valence-corrected chi connectivity index (χ1v) is 4.93. The second kappa shape index (κ2) is 3.31. The summed E-state index contributed by atoms with van der Waals surface area (Å²) < 4.78 is 13.1. The van der Waals surface area contributed by atoms with Crippen molar-refractivity contribution in [3.05, 3.63) is 23.0 Å². The van der Waals surface area contributed by atoms with Crippen LogP contribution in [0.5, 0.6) is 0 Å². The van der Waals surface area contributed by atoms with Gasteiger partial charge in [-0.3, -0.25) is 0 Å². The molecule has 14 heavy (non-hydrogen) atoms. The third-order valence-corrected chi connectivity index (χ3v) is 2.96. The maximum Gasteiger partial charge on any atom is 0.143 e. The molecule has 1 aliphatic rings. The van der Waals surface area contributed by atoms with Crippen LogP contribution in [0.25, 0.3) is 0 Å². The van der Waals surface area contributed by atoms with Crippen molar-refractivity contribution in [2.75, 3.05) is 23.8 Å². The fourth-order valence-corrected chi connectivity index (χ4v) is 1.76. The first-order chi connectivity index (χ1) is 6.59. The van der Waals surface area contributed by atoms with Crippen molar-refractivity contribution in [1.29, 1.82) is 0 Å². The van der Waals surface area contributed by atoms with E-state index in [9.17, 15) is 4.39 Å². The van der Waals surface area contributed by atoms with E-state index in [1.807, 2.05) is 7.05 Å². The van der Waals surface area contributed by atoms with Crippen LogP contribution in [-0.4, -0.2) is 19.6 Å². The minimum Gasteiger partial charge on any atom is -0.381 e. The molecule has 0 aliphatic carbocycles. The van der Waals surface area contributed by atoms with E-state index in [2.05, 4.69) is 17.1 Å². The minimum absolute atomic E-state index is 0.173. The van der Waals surface area contributed by atoms with Gasteiger partial charge in [-0.05, 0) is 13.0 Å². The molecule has 1 heterocycles. The number of hydrogen-bond donors (Lipinski definition) is 1. The summed E-state index contributed by atoms with van der Waals surface area (Å²) in [5, 5.41) is 3.34. The van der Waals surface area contributed by atoms with E-state index in [1.165, 1.54) is 6.07 Å². The van der Waals surface area contributed by atoms with E-state index in [4.69, 9.17) is 11.6 Å². The second-order valence-corrected chi connectivity index (χ2v) is 4.03. The van der Waals surface area contributed by atoms with Gasteiger partial charge >= 0.3 is 0 Å². The number of anilines is 2. The van der Waals surface area contributed by atoms with Crippen LogP contribution in [0.2, 0.25) is 5.02 Å². The number of nitrogens with zero attached hydrogens (tertiary/aromatic N) is 1. The average Bonchev–Trinajstić information content (AvgIpc) is 2.15. The maximum atomic E-state index is 13.1. The van der Waals surface area contributed by atoms with Gasteiger partial charge < -0.3 is 10.2 Å². The molecule has 0 spiro atoms. The van der Waals surface area contributed by atoms with Crippen molar-refractivity contribution >= 4 is 23.0 Å². The Morgan fingerprint density at radius 2 is 2.29 bits per heavy atom. The lowest BCUT2D eigenvalue weighted by atomic mass is 10.1. The minimum atomic E-state index is -0.374. The van der Waals surface area contributed by atoms with Gasteiger partial charge in [-0.15, -0.1) is 0 Å². The third-order valence-electron chi connectivity index (χ3n) is 2.67. The van der Waals surface area contributed by atoms with Gasteiger partial charge in [0.15, 0.2) is 0 Å². The van der Waals surface area contributed by atoms with Crippen molar-refractivity contribution in [2.45, 2.75) is 13.0 Å². The van der Waals surface area contributed by atoms with E-state index in [0.717, 1.165) is 17.9 Å². The molecular weight excluding hydrogens is 203 g/mol. The van der Waals surface area contributed by atoms with Gasteiger partial charge in [-0.1, -0.05) is 11.6 Å². The molecule has 0 saturated carbocycles. The van der Waals surface area contributed by atoms with Crippen LogP contribution in [0.1, 0.15) is 6.92 Å². The van der Waals surface area contributed by atoms with Gasteiger partial charge in [-0.25, -0.2) is 4.39 Å². The van der Waals surface area contributed by atoms with E-state index < -0.39 is 0 Å². The number of likely N-dealkylation sites (N-methyl/N-ethyl adjacent to an activating group) is 1. The second-order valence-electron chi connectivity index (χ2n) is 3.62. The van der Waals surface area contributed by atoms with Crippen LogP contribution >= 0.6 is 11.6 Å². The van der Waals surface area contributed by atoms with Crippen molar-refractivity contribution < 1.29 is 4.39 Å². The third kappa shape index (κ3) is 1.42. The Labute approximate surface area is 87.7 Å². The number of benzene rings is 1. The Balaban J connectivity index is 2.50. The molecule has 0 radical (unpaired) electrons. The highest BCUT2D eigenvalue weighted by atomic mass is 35.5. The topological polar surface area (TPSA) is 15.3 Å². The lowest BCUT2D eigenvalue weighted by molar-refractivity contribution is 0.625. The van der Waals surface area contributed by atoms with Gasteiger partial charge in [-0.2, -0.15) is 0 Å². The Morgan fingerprint density at radius 3 is 3.00 bits per heavy atom. The summed E-state index contributed by atoms with van der Waals surface area (Å²) in [4.78, 5) is 2.09. The molecule has 1 aromatic carbocycles. The Hall–Kier alpha value is -0.960. The fraction of sp³-hybridized carbons (Fsp3) is 0.400. The van der Waals surface area contributed by atoms with Crippen LogP contribution in [0.4, 0.5) is 15.8 Å². The molecule has 0 bridgehead atoms. The molecule has 1 aromatic rings. The van der Waals surface area contributed by atoms with Crippen LogP contribution in [-0.2, 0) is 0 Å². The zero-order chi connectivity index (χ0) is 10.3. The molecule has 0 saturated heterocycles. The molecule has 0 amide bonds. The predicted octanol–water partition coefficient (Wildman–Crippen LogP) is 2.73. The van der Waals surface area contributed by atoms with E-state index in [1.54, 1.807) is 6.07 Å².